The van der Waals surface area contributed by atoms with E-state index in [0.29, 0.717) is 22.8 Å². The molecule has 6 nitrogen and oxygen atoms in total. The Labute approximate surface area is 195 Å². The number of rotatable bonds is 10. The van der Waals surface area contributed by atoms with Crippen LogP contribution in [0.25, 0.3) is 27.7 Å². The first-order valence-corrected chi connectivity index (χ1v) is 11.3. The molecule has 6 heteroatoms. The lowest BCUT2D eigenvalue weighted by molar-refractivity contribution is -0.126. The molecule has 0 bridgehead atoms. The number of hydrogen-bond acceptors (Lipinski definition) is 5. The van der Waals surface area contributed by atoms with E-state index in [0.717, 1.165) is 53.6 Å². The molecule has 3 rings (SSSR count). The molecule has 176 valence electrons. The molecule has 1 aromatic heterocycles. The van der Waals surface area contributed by atoms with Crippen LogP contribution in [-0.2, 0) is 4.79 Å². The van der Waals surface area contributed by atoms with Crippen LogP contribution in [0.4, 0.5) is 0 Å². The summed E-state index contributed by atoms with van der Waals surface area (Å²) in [6.07, 6.45) is 5.28. The molecule has 0 radical (unpaired) electrons. The van der Waals surface area contributed by atoms with Gasteiger partial charge in [-0.2, -0.15) is 0 Å². The predicted octanol–water partition coefficient (Wildman–Crippen LogP) is 6.18. The normalized spacial score (nSPS) is 11.5. The van der Waals surface area contributed by atoms with Gasteiger partial charge in [-0.1, -0.05) is 19.9 Å². The number of ether oxygens (including phenoxy) is 3. The van der Waals surface area contributed by atoms with Crippen molar-refractivity contribution in [3.8, 4) is 28.4 Å². The molecule has 2 aromatic carbocycles. The number of methoxy groups -OCH3 is 3. The van der Waals surface area contributed by atoms with Crippen LogP contribution >= 0.6 is 0 Å². The number of fused-ring (bicyclic) bond motifs is 1. The van der Waals surface area contributed by atoms with Crippen LogP contribution in [0.15, 0.2) is 47.1 Å². The molecule has 0 saturated carbocycles. The Hall–Kier alpha value is -3.41. The van der Waals surface area contributed by atoms with Gasteiger partial charge in [0, 0.05) is 41.7 Å². The first-order valence-electron chi connectivity index (χ1n) is 11.3. The molecule has 0 aliphatic carbocycles. The van der Waals surface area contributed by atoms with E-state index in [1.165, 1.54) is 0 Å². The molecule has 1 amide bonds. The number of nitrogens with zero attached hydrogens (tertiary/aromatic N) is 1. The molecule has 0 fully saturated rings. The lowest BCUT2D eigenvalue weighted by Gasteiger charge is -2.20. The minimum absolute atomic E-state index is 0.0191. The lowest BCUT2D eigenvalue weighted by atomic mass is 9.99. The fourth-order valence-electron chi connectivity index (χ4n) is 3.99. The van der Waals surface area contributed by atoms with E-state index in [1.54, 1.807) is 33.7 Å². The highest BCUT2D eigenvalue weighted by molar-refractivity contribution is 6.00. The Kier molecular flexibility index (Phi) is 8.04. The summed E-state index contributed by atoms with van der Waals surface area (Å²) in [4.78, 5) is 14.8. The third kappa shape index (κ3) is 5.16. The first-order chi connectivity index (χ1) is 16.0. The SMILES string of the molecule is CCCN(CCC)C(=O)/C=C(\C)c1cc2c(-c3ccc(OC)c(OC)c3)coc2cc1OC. The number of benzene rings is 2. The maximum atomic E-state index is 12.9. The third-order valence-electron chi connectivity index (χ3n) is 5.65. The zero-order chi connectivity index (χ0) is 24.0. The molecule has 0 spiro atoms. The summed E-state index contributed by atoms with van der Waals surface area (Å²) < 4.78 is 22.3. The van der Waals surface area contributed by atoms with Crippen molar-refractivity contribution in [3.63, 3.8) is 0 Å². The summed E-state index contributed by atoms with van der Waals surface area (Å²) in [6.45, 7) is 7.60. The van der Waals surface area contributed by atoms with Gasteiger partial charge in [-0.25, -0.2) is 0 Å². The van der Waals surface area contributed by atoms with Crippen molar-refractivity contribution < 1.29 is 23.4 Å². The van der Waals surface area contributed by atoms with Gasteiger partial charge < -0.3 is 23.5 Å². The summed E-state index contributed by atoms with van der Waals surface area (Å²) in [5, 5.41) is 0.928. The second-order valence-electron chi connectivity index (χ2n) is 7.92. The number of carbonyl (C=O) groups is 1. The van der Waals surface area contributed by atoms with Crippen LogP contribution in [0, 0.1) is 0 Å². The third-order valence-corrected chi connectivity index (χ3v) is 5.65. The molecule has 0 unspecified atom stereocenters. The van der Waals surface area contributed by atoms with Crippen molar-refractivity contribution in [1.82, 2.24) is 4.90 Å². The highest BCUT2D eigenvalue weighted by Gasteiger charge is 2.17. The smallest absolute Gasteiger partial charge is 0.246 e. The molecule has 3 aromatic rings. The van der Waals surface area contributed by atoms with Gasteiger partial charge in [0.25, 0.3) is 0 Å². The second kappa shape index (κ2) is 10.9. The number of amides is 1. The van der Waals surface area contributed by atoms with Gasteiger partial charge in [0.1, 0.15) is 11.3 Å². The molecule has 1 heterocycles. The molecule has 33 heavy (non-hydrogen) atoms. The van der Waals surface area contributed by atoms with E-state index in [1.807, 2.05) is 42.2 Å². The topological polar surface area (TPSA) is 61.1 Å². The van der Waals surface area contributed by atoms with Crippen LogP contribution in [-0.4, -0.2) is 45.2 Å². The maximum absolute atomic E-state index is 12.9. The monoisotopic (exact) mass is 451 g/mol. The lowest BCUT2D eigenvalue weighted by Crippen LogP contribution is -2.31. The van der Waals surface area contributed by atoms with Gasteiger partial charge in [0.15, 0.2) is 11.5 Å². The van der Waals surface area contributed by atoms with Crippen molar-refractivity contribution >= 4 is 22.4 Å². The first kappa shape index (κ1) is 24.2. The van der Waals surface area contributed by atoms with Crippen molar-refractivity contribution in [3.05, 3.63) is 48.2 Å². The molecule has 0 aliphatic heterocycles. The van der Waals surface area contributed by atoms with E-state index in [4.69, 9.17) is 18.6 Å². The Balaban J connectivity index is 2.07. The van der Waals surface area contributed by atoms with Crippen molar-refractivity contribution in [2.75, 3.05) is 34.4 Å². The molecule has 0 aliphatic rings. The van der Waals surface area contributed by atoms with Crippen LogP contribution in [0.1, 0.15) is 39.2 Å². The Morgan fingerprint density at radius 1 is 0.939 bits per heavy atom. The van der Waals surface area contributed by atoms with E-state index in [9.17, 15) is 4.79 Å². The van der Waals surface area contributed by atoms with Gasteiger partial charge in [0.05, 0.1) is 27.6 Å². The van der Waals surface area contributed by atoms with Crippen molar-refractivity contribution in [2.24, 2.45) is 0 Å². The highest BCUT2D eigenvalue weighted by Crippen LogP contribution is 2.39. The van der Waals surface area contributed by atoms with Crippen molar-refractivity contribution in [1.29, 1.82) is 0 Å². The minimum atomic E-state index is 0.0191. The quantitative estimate of drug-likeness (QED) is 0.345. The van der Waals surface area contributed by atoms with Crippen molar-refractivity contribution in [2.45, 2.75) is 33.6 Å². The molecular weight excluding hydrogens is 418 g/mol. The largest absolute Gasteiger partial charge is 0.496 e. The van der Waals surface area contributed by atoms with Gasteiger partial charge in [-0.3, -0.25) is 4.79 Å². The number of allylic oxidation sites excluding steroid dienone is 1. The average molecular weight is 452 g/mol. The fraction of sp³-hybridized carbons (Fsp3) is 0.370. The molecule has 0 atom stereocenters. The van der Waals surface area contributed by atoms with E-state index in [-0.39, 0.29) is 5.91 Å². The summed E-state index contributed by atoms with van der Waals surface area (Å²) >= 11 is 0. The standard InChI is InChI=1S/C27H33NO5/c1-7-11-28(12-8-2)27(29)13-18(3)20-15-21-22(17-33-25(21)16-24(20)31-5)19-9-10-23(30-4)26(14-19)32-6/h9-10,13-17H,7-8,11-12H2,1-6H3/b18-13+. The highest BCUT2D eigenvalue weighted by atomic mass is 16.5. The van der Waals surface area contributed by atoms with Crippen LogP contribution < -0.4 is 14.2 Å². The number of furan rings is 1. The Bertz CT molecular complexity index is 1140. The summed E-state index contributed by atoms with van der Waals surface area (Å²) in [6, 6.07) is 9.65. The molecule has 0 saturated heterocycles. The van der Waals surface area contributed by atoms with Crippen LogP contribution in [0.2, 0.25) is 0 Å². The predicted molar refractivity (Wildman–Crippen MR) is 132 cm³/mol. The number of hydrogen-bond donors (Lipinski definition) is 0. The van der Waals surface area contributed by atoms with E-state index >= 15 is 0 Å². The van der Waals surface area contributed by atoms with E-state index in [2.05, 4.69) is 13.8 Å². The second-order valence-corrected chi connectivity index (χ2v) is 7.92. The Morgan fingerprint density at radius 2 is 1.61 bits per heavy atom. The van der Waals surface area contributed by atoms with Gasteiger partial charge in [0.2, 0.25) is 5.91 Å². The molecule has 0 N–H and O–H groups in total. The van der Waals surface area contributed by atoms with Crippen LogP contribution in [0.3, 0.4) is 0 Å². The molecular formula is C27H33NO5. The fourth-order valence-corrected chi connectivity index (χ4v) is 3.99. The minimum Gasteiger partial charge on any atom is -0.496 e. The maximum Gasteiger partial charge on any atom is 0.246 e. The summed E-state index contributed by atoms with van der Waals surface area (Å²) in [7, 11) is 4.85. The van der Waals surface area contributed by atoms with Crippen LogP contribution in [0.5, 0.6) is 17.2 Å². The summed E-state index contributed by atoms with van der Waals surface area (Å²) in [5.41, 5.74) is 4.27. The number of carbonyl (C=O) groups excluding carboxylic acids is 1. The Morgan fingerprint density at radius 3 is 2.21 bits per heavy atom. The van der Waals surface area contributed by atoms with Gasteiger partial charge >= 0.3 is 0 Å². The summed E-state index contributed by atoms with van der Waals surface area (Å²) in [5.74, 6) is 1.99. The average Bonchev–Trinajstić information content (AvgIpc) is 3.25. The van der Waals surface area contributed by atoms with E-state index < -0.39 is 0 Å². The zero-order valence-corrected chi connectivity index (χ0v) is 20.4. The van der Waals surface area contributed by atoms with Gasteiger partial charge in [-0.05, 0) is 49.1 Å². The zero-order valence-electron chi connectivity index (χ0n) is 20.4. The van der Waals surface area contributed by atoms with Gasteiger partial charge in [-0.15, -0.1) is 0 Å².